The molecule has 6 rings (SSSR count). The van der Waals surface area contributed by atoms with Crippen LogP contribution >= 0.6 is 38.9 Å². The Bertz CT molecular complexity index is 1860. The van der Waals surface area contributed by atoms with E-state index in [1.165, 1.54) is 12.0 Å². The van der Waals surface area contributed by atoms with Crippen LogP contribution in [0.25, 0.3) is 5.00 Å². The molecular formula is C32H30BrClN6O4S. The molecule has 4 aromatic rings. The predicted octanol–water partition coefficient (Wildman–Crippen LogP) is 5.72. The van der Waals surface area contributed by atoms with Crippen LogP contribution in [-0.4, -0.2) is 81.3 Å². The van der Waals surface area contributed by atoms with E-state index in [9.17, 15) is 14.4 Å². The number of piperazine rings is 1. The molecule has 1 atom stereocenters. The van der Waals surface area contributed by atoms with Crippen molar-refractivity contribution in [1.82, 2.24) is 24.6 Å². The standard InChI is InChI=1S/C32H30BrClN6O4S/c1-17-18(2)45-31-27(17)28(20-5-8-22(34)9-6-20)35-25(29-37-36-19(3)40(29)31)16-26(41)38-11-13-39(14-12-38)30(42)21-7-10-23(24(33)15-21)32(43)44-4/h5-10,15,25H,11-14,16H2,1-4H3/t25-/m0/s1. The number of ether oxygens (including phenoxy) is 1. The normalized spacial score (nSPS) is 16.0. The van der Waals surface area contributed by atoms with Crippen molar-refractivity contribution in [2.24, 2.45) is 4.99 Å². The number of benzene rings is 2. The number of fused-ring (bicyclic) bond motifs is 3. The summed E-state index contributed by atoms with van der Waals surface area (Å²) in [6.45, 7) is 7.65. The molecule has 232 valence electrons. The fourth-order valence-corrected chi connectivity index (χ4v) is 7.57. The summed E-state index contributed by atoms with van der Waals surface area (Å²) in [5.74, 6) is 0.640. The molecule has 2 aromatic heterocycles. The zero-order valence-corrected chi connectivity index (χ0v) is 28.3. The van der Waals surface area contributed by atoms with Gasteiger partial charge >= 0.3 is 5.97 Å². The molecule has 0 radical (unpaired) electrons. The van der Waals surface area contributed by atoms with Crippen LogP contribution in [0.5, 0.6) is 0 Å². The summed E-state index contributed by atoms with van der Waals surface area (Å²) in [7, 11) is 1.31. The smallest absolute Gasteiger partial charge is 0.339 e. The highest BCUT2D eigenvalue weighted by Crippen LogP contribution is 2.39. The second-order valence-electron chi connectivity index (χ2n) is 11.0. The maximum atomic E-state index is 13.8. The SMILES string of the molecule is COC(=O)c1ccc(C(=O)N2CCN(C(=O)C[C@@H]3N=C(c4ccc(Cl)cc4)c4c(sc(C)c4C)-n4c(C)nnc43)CC2)cc1Br. The van der Waals surface area contributed by atoms with Gasteiger partial charge in [0.05, 0.1) is 24.8 Å². The van der Waals surface area contributed by atoms with E-state index in [0.717, 1.165) is 33.2 Å². The van der Waals surface area contributed by atoms with E-state index in [2.05, 4.69) is 40.0 Å². The van der Waals surface area contributed by atoms with E-state index in [0.29, 0.717) is 52.6 Å². The van der Waals surface area contributed by atoms with Crippen LogP contribution in [0.1, 0.15) is 66.4 Å². The Kier molecular flexibility index (Phi) is 8.64. The number of halogens is 2. The monoisotopic (exact) mass is 708 g/mol. The molecular weight excluding hydrogens is 680 g/mol. The summed E-state index contributed by atoms with van der Waals surface area (Å²) in [5.41, 5.74) is 4.64. The van der Waals surface area contributed by atoms with E-state index >= 15 is 0 Å². The number of amides is 2. The van der Waals surface area contributed by atoms with Gasteiger partial charge in [-0.15, -0.1) is 21.5 Å². The first-order valence-corrected chi connectivity index (χ1v) is 16.4. The van der Waals surface area contributed by atoms with E-state index < -0.39 is 12.0 Å². The molecule has 1 fully saturated rings. The molecule has 0 aliphatic carbocycles. The van der Waals surface area contributed by atoms with E-state index in [1.807, 2.05) is 35.8 Å². The third-order valence-corrected chi connectivity index (χ3v) is 10.4. The summed E-state index contributed by atoms with van der Waals surface area (Å²) in [6.07, 6.45) is 0.109. The lowest BCUT2D eigenvalue weighted by molar-refractivity contribution is -0.133. The number of aliphatic imine (C=N–C) groups is 1. The van der Waals surface area contributed by atoms with Gasteiger partial charge < -0.3 is 14.5 Å². The number of nitrogens with zero attached hydrogens (tertiary/aromatic N) is 6. The third-order valence-electron chi connectivity index (χ3n) is 8.27. The number of carbonyl (C=O) groups excluding carboxylic acids is 3. The van der Waals surface area contributed by atoms with Crippen LogP contribution in [0.4, 0.5) is 0 Å². The summed E-state index contributed by atoms with van der Waals surface area (Å²) < 4.78 is 7.30. The molecule has 0 unspecified atom stereocenters. The first-order valence-electron chi connectivity index (χ1n) is 14.4. The van der Waals surface area contributed by atoms with Crippen molar-refractivity contribution in [3.05, 3.63) is 96.3 Å². The van der Waals surface area contributed by atoms with E-state index in [1.54, 1.807) is 39.3 Å². The van der Waals surface area contributed by atoms with Gasteiger partial charge in [-0.05, 0) is 72.6 Å². The van der Waals surface area contributed by atoms with Gasteiger partial charge in [0, 0.05) is 57.2 Å². The highest BCUT2D eigenvalue weighted by molar-refractivity contribution is 9.10. The number of aromatic nitrogens is 3. The molecule has 0 bridgehead atoms. The zero-order chi connectivity index (χ0) is 32.0. The molecule has 2 aromatic carbocycles. The molecule has 10 nitrogen and oxygen atoms in total. The van der Waals surface area contributed by atoms with Crippen LogP contribution in [0.15, 0.2) is 51.9 Å². The number of thiophene rings is 1. The lowest BCUT2D eigenvalue weighted by Gasteiger charge is -2.35. The zero-order valence-electron chi connectivity index (χ0n) is 25.1. The van der Waals surface area contributed by atoms with Gasteiger partial charge in [0.1, 0.15) is 16.9 Å². The lowest BCUT2D eigenvalue weighted by atomic mass is 9.99. The maximum absolute atomic E-state index is 13.8. The van der Waals surface area contributed by atoms with Crippen LogP contribution in [0, 0.1) is 20.8 Å². The molecule has 0 saturated carbocycles. The molecule has 45 heavy (non-hydrogen) atoms. The molecule has 13 heteroatoms. The second-order valence-corrected chi connectivity index (χ2v) is 13.5. The van der Waals surface area contributed by atoms with Gasteiger partial charge in [-0.3, -0.25) is 19.1 Å². The maximum Gasteiger partial charge on any atom is 0.339 e. The van der Waals surface area contributed by atoms with Gasteiger partial charge in [0.2, 0.25) is 5.91 Å². The van der Waals surface area contributed by atoms with Gasteiger partial charge in [0.25, 0.3) is 5.91 Å². The van der Waals surface area contributed by atoms with Crippen molar-refractivity contribution in [3.8, 4) is 5.00 Å². The predicted molar refractivity (Wildman–Crippen MR) is 176 cm³/mol. The Balaban J connectivity index is 1.23. The van der Waals surface area contributed by atoms with E-state index in [4.69, 9.17) is 21.3 Å². The molecule has 0 N–H and O–H groups in total. The molecule has 1 saturated heterocycles. The number of carbonyl (C=O) groups is 3. The first kappa shape index (κ1) is 31.1. The molecule has 2 amide bonds. The van der Waals surface area contributed by atoms with Gasteiger partial charge in [-0.25, -0.2) is 4.79 Å². The Morgan fingerprint density at radius 3 is 2.36 bits per heavy atom. The average molecular weight is 710 g/mol. The lowest BCUT2D eigenvalue weighted by Crippen LogP contribution is -2.50. The summed E-state index contributed by atoms with van der Waals surface area (Å²) in [5, 5.41) is 10.5. The van der Waals surface area contributed by atoms with Crippen molar-refractivity contribution in [2.45, 2.75) is 33.2 Å². The molecule has 2 aliphatic heterocycles. The third kappa shape index (κ3) is 5.82. The topological polar surface area (TPSA) is 110 Å². The number of hydrogen-bond acceptors (Lipinski definition) is 8. The second kappa shape index (κ2) is 12.5. The highest BCUT2D eigenvalue weighted by Gasteiger charge is 2.34. The Morgan fingerprint density at radius 1 is 1.00 bits per heavy atom. The minimum absolute atomic E-state index is 0.0677. The largest absolute Gasteiger partial charge is 0.465 e. The molecule has 2 aliphatic rings. The highest BCUT2D eigenvalue weighted by atomic mass is 79.9. The van der Waals surface area contributed by atoms with Crippen LogP contribution in [0.3, 0.4) is 0 Å². The van der Waals surface area contributed by atoms with Crippen molar-refractivity contribution in [1.29, 1.82) is 0 Å². The van der Waals surface area contributed by atoms with Crippen molar-refractivity contribution < 1.29 is 19.1 Å². The number of esters is 1. The molecule has 0 spiro atoms. The summed E-state index contributed by atoms with van der Waals surface area (Å²) in [4.78, 5) is 48.8. The Hall–Kier alpha value is -3.87. The van der Waals surface area contributed by atoms with Gasteiger partial charge in [-0.2, -0.15) is 0 Å². The van der Waals surface area contributed by atoms with Crippen LogP contribution < -0.4 is 0 Å². The fraction of sp³-hybridized carbons (Fsp3) is 0.312. The number of hydrogen-bond donors (Lipinski definition) is 0. The number of aryl methyl sites for hydroxylation is 2. The molecule has 4 heterocycles. The number of rotatable bonds is 5. The summed E-state index contributed by atoms with van der Waals surface area (Å²) >= 11 is 11.2. The van der Waals surface area contributed by atoms with Crippen LogP contribution in [-0.2, 0) is 9.53 Å². The fourth-order valence-electron chi connectivity index (χ4n) is 5.69. The first-order chi connectivity index (χ1) is 21.6. The van der Waals surface area contributed by atoms with Gasteiger partial charge in [-0.1, -0.05) is 23.7 Å². The number of methoxy groups -OCH3 is 1. The van der Waals surface area contributed by atoms with Gasteiger partial charge in [0.15, 0.2) is 5.82 Å². The Labute approximate surface area is 277 Å². The van der Waals surface area contributed by atoms with Crippen molar-refractivity contribution >= 4 is 62.4 Å². The quantitative estimate of drug-likeness (QED) is 0.245. The van der Waals surface area contributed by atoms with E-state index in [-0.39, 0.29) is 18.2 Å². The van der Waals surface area contributed by atoms with Crippen molar-refractivity contribution in [2.75, 3.05) is 33.3 Å². The Morgan fingerprint density at radius 2 is 1.69 bits per heavy atom. The van der Waals surface area contributed by atoms with Crippen LogP contribution in [0.2, 0.25) is 5.02 Å². The average Bonchev–Trinajstić information content (AvgIpc) is 3.52. The van der Waals surface area contributed by atoms with Crippen molar-refractivity contribution in [3.63, 3.8) is 0 Å². The minimum atomic E-state index is -0.561. The minimum Gasteiger partial charge on any atom is -0.465 e. The summed E-state index contributed by atoms with van der Waals surface area (Å²) in [6, 6.07) is 11.8.